The summed E-state index contributed by atoms with van der Waals surface area (Å²) < 4.78 is 10.9. The number of carbonyl (C=O) groups is 2. The summed E-state index contributed by atoms with van der Waals surface area (Å²) in [4.78, 5) is 33.4. The zero-order chi connectivity index (χ0) is 30.4. The van der Waals surface area contributed by atoms with Crippen LogP contribution in [0.3, 0.4) is 0 Å². The zero-order valence-electron chi connectivity index (χ0n) is 24.4. The summed E-state index contributed by atoms with van der Waals surface area (Å²) in [5.41, 5.74) is 2.22. The topological polar surface area (TPSA) is 113 Å². The predicted octanol–water partition coefficient (Wildman–Crippen LogP) is 4.43. The van der Waals surface area contributed by atoms with E-state index in [0.29, 0.717) is 24.3 Å². The summed E-state index contributed by atoms with van der Waals surface area (Å²) in [5.74, 6) is 0.114. The number of nitrogens with zero attached hydrogens (tertiary/aromatic N) is 2. The van der Waals surface area contributed by atoms with Crippen LogP contribution in [0.2, 0.25) is 0 Å². The van der Waals surface area contributed by atoms with Crippen LogP contribution >= 0.6 is 11.3 Å². The van der Waals surface area contributed by atoms with Crippen LogP contribution in [0.1, 0.15) is 55.5 Å². The van der Waals surface area contributed by atoms with Gasteiger partial charge < -0.3 is 30.1 Å². The first kappa shape index (κ1) is 30.4. The zero-order valence-corrected chi connectivity index (χ0v) is 25.3. The number of thiazole rings is 1. The third kappa shape index (κ3) is 6.94. The van der Waals surface area contributed by atoms with E-state index in [1.54, 1.807) is 43.2 Å². The smallest absolute Gasteiger partial charge is 0.256 e. The van der Waals surface area contributed by atoms with E-state index in [1.165, 1.54) is 11.3 Å². The molecule has 2 amide bonds. The van der Waals surface area contributed by atoms with E-state index < -0.39 is 17.6 Å². The Balaban J connectivity index is 1.31. The van der Waals surface area contributed by atoms with E-state index in [-0.39, 0.29) is 25.2 Å². The van der Waals surface area contributed by atoms with Crippen molar-refractivity contribution in [1.82, 2.24) is 20.5 Å². The molecule has 1 aliphatic heterocycles. The van der Waals surface area contributed by atoms with Gasteiger partial charge in [-0.25, -0.2) is 4.98 Å². The second-order valence-electron chi connectivity index (χ2n) is 10.7. The predicted molar refractivity (Wildman–Crippen MR) is 165 cm³/mol. The number of nitrogens with one attached hydrogen (secondary N) is 2. The first-order valence-corrected chi connectivity index (χ1v) is 15.0. The van der Waals surface area contributed by atoms with Crippen molar-refractivity contribution in [2.24, 2.45) is 0 Å². The number of hydrogen-bond donors (Lipinski definition) is 3. The van der Waals surface area contributed by atoms with E-state index in [2.05, 4.69) is 15.6 Å². The van der Waals surface area contributed by atoms with Crippen molar-refractivity contribution in [2.75, 3.05) is 27.0 Å². The Hall–Kier alpha value is -4.09. The molecule has 9 nitrogen and oxygen atoms in total. The highest BCUT2D eigenvalue weighted by Crippen LogP contribution is 2.31. The molecule has 1 aromatic heterocycles. The van der Waals surface area contributed by atoms with E-state index in [9.17, 15) is 14.7 Å². The van der Waals surface area contributed by atoms with E-state index in [4.69, 9.17) is 9.47 Å². The van der Waals surface area contributed by atoms with Gasteiger partial charge in [0.05, 0.1) is 25.4 Å². The second kappa shape index (κ2) is 13.5. The summed E-state index contributed by atoms with van der Waals surface area (Å²) in [6.45, 7) is 4.97. The van der Waals surface area contributed by atoms with Crippen LogP contribution in [-0.2, 0) is 16.8 Å². The van der Waals surface area contributed by atoms with Crippen molar-refractivity contribution >= 4 is 23.2 Å². The molecule has 0 spiro atoms. The van der Waals surface area contributed by atoms with Crippen LogP contribution in [0.5, 0.6) is 5.75 Å². The molecule has 3 atom stereocenters. The van der Waals surface area contributed by atoms with Crippen molar-refractivity contribution < 1.29 is 24.2 Å². The Bertz CT molecular complexity index is 1560. The van der Waals surface area contributed by atoms with Crippen LogP contribution in [-0.4, -0.2) is 59.9 Å². The number of aryl methyl sites for hydroxylation is 1. The number of benzene rings is 3. The number of aromatic nitrogens is 1. The summed E-state index contributed by atoms with van der Waals surface area (Å²) in [6.07, 6.45) is -0.974. The minimum Gasteiger partial charge on any atom is -0.497 e. The maximum atomic E-state index is 13.7. The summed E-state index contributed by atoms with van der Waals surface area (Å²) in [6, 6.07) is 23.4. The second-order valence-corrected chi connectivity index (χ2v) is 11.6. The Labute approximate surface area is 255 Å². The van der Waals surface area contributed by atoms with Crippen molar-refractivity contribution in [3.63, 3.8) is 0 Å². The van der Waals surface area contributed by atoms with E-state index >= 15 is 0 Å². The van der Waals surface area contributed by atoms with Crippen molar-refractivity contribution in [1.29, 1.82) is 0 Å². The monoisotopic (exact) mass is 600 g/mol. The molecule has 1 saturated heterocycles. The molecule has 10 heteroatoms. The normalized spacial score (nSPS) is 16.8. The van der Waals surface area contributed by atoms with Gasteiger partial charge in [-0.2, -0.15) is 0 Å². The number of aliphatic hydroxyl groups is 1. The van der Waals surface area contributed by atoms with Gasteiger partial charge in [-0.15, -0.1) is 11.3 Å². The fourth-order valence-electron chi connectivity index (χ4n) is 5.11. The van der Waals surface area contributed by atoms with Gasteiger partial charge in [0.1, 0.15) is 23.5 Å². The molecule has 0 unspecified atom stereocenters. The van der Waals surface area contributed by atoms with Gasteiger partial charge >= 0.3 is 0 Å². The van der Waals surface area contributed by atoms with E-state index in [1.807, 2.05) is 66.9 Å². The number of ether oxygens (including phenoxy) is 2. The third-order valence-electron chi connectivity index (χ3n) is 7.65. The molecule has 1 aliphatic rings. The fraction of sp³-hybridized carbons (Fsp3) is 0.303. The number of carbonyl (C=O) groups excluding carboxylic acids is 2. The average molecular weight is 601 g/mol. The Kier molecular flexibility index (Phi) is 9.52. The number of rotatable bonds is 11. The van der Waals surface area contributed by atoms with Crippen molar-refractivity contribution in [2.45, 2.75) is 38.1 Å². The van der Waals surface area contributed by atoms with Gasteiger partial charge in [0, 0.05) is 35.3 Å². The molecule has 3 aromatic carbocycles. The number of methoxy groups -OCH3 is 1. The quantitative estimate of drug-likeness (QED) is 0.234. The molecule has 3 N–H and O–H groups in total. The average Bonchev–Trinajstić information content (AvgIpc) is 3.70. The number of aliphatic hydroxyl groups excluding tert-OH is 1. The van der Waals surface area contributed by atoms with Gasteiger partial charge in [0.15, 0.2) is 0 Å². The molecule has 43 heavy (non-hydrogen) atoms. The molecule has 0 radical (unpaired) electrons. The molecule has 2 heterocycles. The lowest BCUT2D eigenvalue weighted by Crippen LogP contribution is -2.55. The highest BCUT2D eigenvalue weighted by Gasteiger charge is 2.37. The van der Waals surface area contributed by atoms with E-state index in [0.717, 1.165) is 27.6 Å². The lowest BCUT2D eigenvalue weighted by Gasteiger charge is -2.36. The lowest BCUT2D eigenvalue weighted by atomic mass is 9.85. The van der Waals surface area contributed by atoms with Crippen LogP contribution in [0.15, 0.2) is 84.2 Å². The maximum absolute atomic E-state index is 13.7. The lowest BCUT2D eigenvalue weighted by molar-refractivity contribution is 0.0554. The largest absolute Gasteiger partial charge is 0.497 e. The fourth-order valence-corrected chi connectivity index (χ4v) is 6.00. The Morgan fingerprint density at radius 2 is 1.88 bits per heavy atom. The summed E-state index contributed by atoms with van der Waals surface area (Å²) >= 11 is 1.50. The molecule has 1 fully saturated rings. The molecule has 4 aromatic rings. The van der Waals surface area contributed by atoms with Gasteiger partial charge in [-0.3, -0.25) is 9.59 Å². The molecular weight excluding hydrogens is 564 g/mol. The summed E-state index contributed by atoms with van der Waals surface area (Å²) in [5, 5.41) is 20.6. The standard InChI is InChI=1S/C33H36N4O5S/c1-22-20-43-31(35-22)28-19-42-21-37(28)32(40)25-11-8-10-24(16-25)30(39)36-33(2,26-12-5-4-6-13-26)29(38)18-34-17-23-9-7-14-27(15-23)41-3/h4-16,20,28-29,34,38H,17-19,21H2,1-3H3,(H,36,39)/t28-,29-,33+/m1/s1. The van der Waals surface area contributed by atoms with Crippen LogP contribution in [0.4, 0.5) is 0 Å². The molecule has 0 bridgehead atoms. The van der Waals surface area contributed by atoms with Crippen LogP contribution < -0.4 is 15.4 Å². The first-order valence-electron chi connectivity index (χ1n) is 14.1. The Morgan fingerprint density at radius 1 is 1.12 bits per heavy atom. The van der Waals surface area contributed by atoms with Crippen LogP contribution in [0, 0.1) is 6.92 Å². The number of amides is 2. The van der Waals surface area contributed by atoms with Crippen molar-refractivity contribution in [3.05, 3.63) is 117 Å². The minimum atomic E-state index is -1.13. The molecule has 0 saturated carbocycles. The third-order valence-corrected chi connectivity index (χ3v) is 8.71. The Morgan fingerprint density at radius 3 is 2.63 bits per heavy atom. The van der Waals surface area contributed by atoms with Gasteiger partial charge in [0.25, 0.3) is 11.8 Å². The van der Waals surface area contributed by atoms with Crippen LogP contribution in [0.25, 0.3) is 0 Å². The van der Waals surface area contributed by atoms with Gasteiger partial charge in [-0.05, 0) is 55.3 Å². The minimum absolute atomic E-state index is 0.152. The summed E-state index contributed by atoms with van der Waals surface area (Å²) in [7, 11) is 1.62. The highest BCUT2D eigenvalue weighted by molar-refractivity contribution is 7.09. The molecule has 224 valence electrons. The van der Waals surface area contributed by atoms with Crippen molar-refractivity contribution in [3.8, 4) is 5.75 Å². The maximum Gasteiger partial charge on any atom is 0.256 e. The SMILES string of the molecule is COc1cccc(CNC[C@@H](O)[C@@](C)(NC(=O)c2cccc(C(=O)N3COC[C@@H]3c3nc(C)cs3)c2)c2ccccc2)c1. The van der Waals surface area contributed by atoms with Gasteiger partial charge in [-0.1, -0.05) is 48.5 Å². The van der Waals surface area contributed by atoms with Gasteiger partial charge in [0.2, 0.25) is 0 Å². The highest BCUT2D eigenvalue weighted by atomic mass is 32.1. The first-order chi connectivity index (χ1) is 20.8. The number of hydrogen-bond acceptors (Lipinski definition) is 8. The molecule has 5 rings (SSSR count). The molecule has 0 aliphatic carbocycles. The molecular formula is C33H36N4O5S.